The number of halogens is 3. The predicted octanol–water partition coefficient (Wildman–Crippen LogP) is 2.67. The van der Waals surface area contributed by atoms with Crippen molar-refractivity contribution in [2.75, 3.05) is 26.4 Å². The first-order valence-electron chi connectivity index (χ1n) is 8.73. The van der Waals surface area contributed by atoms with Crippen molar-refractivity contribution in [3.8, 4) is 11.5 Å². The first kappa shape index (κ1) is 24.1. The zero-order valence-corrected chi connectivity index (χ0v) is 16.2. The molecule has 0 heterocycles. The molecule has 0 aromatic heterocycles. The molecular weight excluding hydrogens is 397 g/mol. The zero-order chi connectivity index (χ0) is 22.0. The van der Waals surface area contributed by atoms with E-state index in [9.17, 15) is 27.6 Å². The van der Waals surface area contributed by atoms with E-state index >= 15 is 0 Å². The number of amides is 3. The minimum absolute atomic E-state index is 0.0691. The fourth-order valence-electron chi connectivity index (χ4n) is 1.88. The van der Waals surface area contributed by atoms with Gasteiger partial charge in [0.05, 0.1) is 18.8 Å². The van der Waals surface area contributed by atoms with Crippen molar-refractivity contribution < 1.29 is 41.8 Å². The van der Waals surface area contributed by atoms with Crippen molar-refractivity contribution in [3.05, 3.63) is 23.8 Å². The molecule has 162 valence electrons. The first-order chi connectivity index (χ1) is 13.5. The smallest absolute Gasteiger partial charge is 0.405 e. The van der Waals surface area contributed by atoms with E-state index in [0.29, 0.717) is 24.7 Å². The van der Waals surface area contributed by atoms with Crippen LogP contribution in [0.5, 0.6) is 11.5 Å². The monoisotopic (exact) mass is 420 g/mol. The minimum Gasteiger partial charge on any atom is -0.490 e. The van der Waals surface area contributed by atoms with Crippen molar-refractivity contribution in [2.45, 2.75) is 26.9 Å². The van der Waals surface area contributed by atoms with E-state index in [0.717, 1.165) is 0 Å². The van der Waals surface area contributed by atoms with Crippen molar-refractivity contribution in [3.63, 3.8) is 0 Å². The van der Waals surface area contributed by atoms with E-state index in [1.165, 1.54) is 23.5 Å². The number of urea groups is 1. The third kappa shape index (κ3) is 9.67. The number of benzene rings is 1. The molecule has 1 rings (SSSR count). The van der Waals surface area contributed by atoms with E-state index in [-0.39, 0.29) is 11.5 Å². The van der Waals surface area contributed by atoms with Gasteiger partial charge in [-0.15, -0.1) is 0 Å². The van der Waals surface area contributed by atoms with Gasteiger partial charge in [0.1, 0.15) is 6.54 Å². The molecule has 0 radical (unpaired) electrons. The number of rotatable bonds is 9. The van der Waals surface area contributed by atoms with Crippen LogP contribution in [0.1, 0.15) is 31.1 Å². The molecule has 29 heavy (non-hydrogen) atoms. The Balaban J connectivity index is 2.61. The lowest BCUT2D eigenvalue weighted by Gasteiger charge is -2.14. The van der Waals surface area contributed by atoms with Crippen LogP contribution in [-0.4, -0.2) is 50.4 Å². The lowest BCUT2D eigenvalue weighted by atomic mass is 10.2. The highest BCUT2D eigenvalue weighted by molar-refractivity contribution is 5.97. The maximum Gasteiger partial charge on any atom is 0.405 e. The topological polar surface area (TPSA) is 103 Å². The molecule has 0 unspecified atom stereocenters. The van der Waals surface area contributed by atoms with E-state index in [1.807, 2.05) is 13.8 Å². The Morgan fingerprint density at radius 2 is 1.79 bits per heavy atom. The Bertz CT molecular complexity index is 722. The van der Waals surface area contributed by atoms with Gasteiger partial charge in [-0.05, 0) is 31.0 Å². The van der Waals surface area contributed by atoms with Crippen LogP contribution < -0.4 is 20.1 Å². The summed E-state index contributed by atoms with van der Waals surface area (Å²) >= 11 is 0. The van der Waals surface area contributed by atoms with Gasteiger partial charge in [-0.2, -0.15) is 13.2 Å². The fourth-order valence-corrected chi connectivity index (χ4v) is 1.88. The quantitative estimate of drug-likeness (QED) is 0.596. The number of hydrogen-bond donors (Lipinski definition) is 2. The number of esters is 1. The SMILES string of the molecule is CCOc1cc(C(=O)OCC(=O)NC(=O)NCC(F)(F)F)ccc1OCC(C)C. The normalized spacial score (nSPS) is 11.0. The van der Waals surface area contributed by atoms with E-state index in [1.54, 1.807) is 12.2 Å². The van der Waals surface area contributed by atoms with Gasteiger partial charge >= 0.3 is 18.2 Å². The van der Waals surface area contributed by atoms with Crippen molar-refractivity contribution >= 4 is 17.9 Å². The molecule has 11 heteroatoms. The largest absolute Gasteiger partial charge is 0.490 e. The maximum atomic E-state index is 12.1. The summed E-state index contributed by atoms with van der Waals surface area (Å²) in [6.07, 6.45) is -4.61. The zero-order valence-electron chi connectivity index (χ0n) is 16.2. The van der Waals surface area contributed by atoms with Crippen LogP contribution in [0.4, 0.5) is 18.0 Å². The molecule has 0 bridgehead atoms. The Morgan fingerprint density at radius 1 is 1.10 bits per heavy atom. The lowest BCUT2D eigenvalue weighted by Crippen LogP contribution is -2.44. The summed E-state index contributed by atoms with van der Waals surface area (Å²) in [5.41, 5.74) is 0.0691. The maximum absolute atomic E-state index is 12.1. The average molecular weight is 420 g/mol. The summed E-state index contributed by atoms with van der Waals surface area (Å²) in [7, 11) is 0. The van der Waals surface area contributed by atoms with Crippen LogP contribution in [0.15, 0.2) is 18.2 Å². The highest BCUT2D eigenvalue weighted by Crippen LogP contribution is 2.29. The van der Waals surface area contributed by atoms with Gasteiger partial charge in [-0.1, -0.05) is 13.8 Å². The van der Waals surface area contributed by atoms with Gasteiger partial charge in [0.25, 0.3) is 5.91 Å². The second kappa shape index (κ2) is 11.1. The summed E-state index contributed by atoms with van der Waals surface area (Å²) in [6, 6.07) is 2.96. The minimum atomic E-state index is -4.61. The fraction of sp³-hybridized carbons (Fsp3) is 0.500. The Morgan fingerprint density at radius 3 is 2.38 bits per heavy atom. The van der Waals surface area contributed by atoms with Crippen molar-refractivity contribution in [1.29, 1.82) is 0 Å². The number of alkyl halides is 3. The molecule has 0 aliphatic rings. The number of nitrogens with one attached hydrogen (secondary N) is 2. The molecule has 1 aromatic carbocycles. The number of hydrogen-bond acceptors (Lipinski definition) is 6. The van der Waals surface area contributed by atoms with E-state index in [2.05, 4.69) is 0 Å². The van der Waals surface area contributed by atoms with E-state index in [4.69, 9.17) is 14.2 Å². The molecule has 0 atom stereocenters. The Hall–Kier alpha value is -2.98. The van der Waals surface area contributed by atoms with Crippen LogP contribution in [0.2, 0.25) is 0 Å². The average Bonchev–Trinajstić information content (AvgIpc) is 2.63. The highest BCUT2D eigenvalue weighted by Gasteiger charge is 2.28. The molecule has 0 fully saturated rings. The third-order valence-corrected chi connectivity index (χ3v) is 3.09. The molecule has 0 saturated heterocycles. The molecule has 1 aromatic rings. The number of carbonyl (C=O) groups excluding carboxylic acids is 3. The first-order valence-corrected chi connectivity index (χ1v) is 8.73. The standard InChI is InChI=1S/C18H23F3N2O6/c1-4-27-14-7-12(5-6-13(14)28-8-11(2)3)16(25)29-9-15(24)23-17(26)22-10-18(19,20)21/h5-7,11H,4,8-10H2,1-3H3,(H2,22,23,24,26). The summed E-state index contributed by atoms with van der Waals surface area (Å²) in [5.74, 6) is -0.928. The Kier molecular flexibility index (Phi) is 9.23. The van der Waals surface area contributed by atoms with Gasteiger partial charge in [0, 0.05) is 0 Å². The van der Waals surface area contributed by atoms with Crippen LogP contribution >= 0.6 is 0 Å². The molecule has 0 aliphatic carbocycles. The van der Waals surface area contributed by atoms with Gasteiger partial charge in [-0.25, -0.2) is 9.59 Å². The lowest BCUT2D eigenvalue weighted by molar-refractivity contribution is -0.125. The van der Waals surface area contributed by atoms with Crippen LogP contribution in [0.25, 0.3) is 0 Å². The van der Waals surface area contributed by atoms with Crippen LogP contribution in [-0.2, 0) is 9.53 Å². The Labute approximate surface area is 165 Å². The number of carbonyl (C=O) groups is 3. The third-order valence-electron chi connectivity index (χ3n) is 3.09. The van der Waals surface area contributed by atoms with E-state index < -0.39 is 37.2 Å². The van der Waals surface area contributed by atoms with Crippen molar-refractivity contribution in [1.82, 2.24) is 10.6 Å². The van der Waals surface area contributed by atoms with Gasteiger partial charge in [0.2, 0.25) is 0 Å². The molecule has 2 N–H and O–H groups in total. The molecular formula is C18H23F3N2O6. The highest BCUT2D eigenvalue weighted by atomic mass is 19.4. The molecule has 0 saturated carbocycles. The number of imide groups is 1. The summed E-state index contributed by atoms with van der Waals surface area (Å²) in [4.78, 5) is 34.8. The second-order valence-electron chi connectivity index (χ2n) is 6.22. The predicted molar refractivity (Wildman–Crippen MR) is 95.8 cm³/mol. The van der Waals surface area contributed by atoms with Crippen LogP contribution in [0.3, 0.4) is 0 Å². The second-order valence-corrected chi connectivity index (χ2v) is 6.22. The van der Waals surface area contributed by atoms with Crippen molar-refractivity contribution in [2.24, 2.45) is 5.92 Å². The number of ether oxygens (including phenoxy) is 3. The van der Waals surface area contributed by atoms with Gasteiger partial charge < -0.3 is 19.5 Å². The summed E-state index contributed by atoms with van der Waals surface area (Å²) in [6.45, 7) is 4.02. The van der Waals surface area contributed by atoms with Crippen LogP contribution in [0, 0.1) is 5.92 Å². The summed E-state index contributed by atoms with van der Waals surface area (Å²) in [5, 5.41) is 3.07. The molecule has 0 aliphatic heterocycles. The van der Waals surface area contributed by atoms with Gasteiger partial charge in [0.15, 0.2) is 18.1 Å². The molecule has 0 spiro atoms. The summed E-state index contributed by atoms with van der Waals surface area (Å²) < 4.78 is 51.8. The molecule has 3 amide bonds. The van der Waals surface area contributed by atoms with Gasteiger partial charge in [-0.3, -0.25) is 10.1 Å². The molecule has 8 nitrogen and oxygen atoms in total.